The number of amides is 1. The fraction of sp³-hybridized carbons (Fsp3) is 0.562. The maximum Gasteiger partial charge on any atom is 0.238 e. The molecular weight excluding hydrogens is 284 g/mol. The van der Waals surface area contributed by atoms with Gasteiger partial charge in [0.15, 0.2) is 11.5 Å². The van der Waals surface area contributed by atoms with E-state index in [9.17, 15) is 4.79 Å². The van der Waals surface area contributed by atoms with Gasteiger partial charge < -0.3 is 19.9 Å². The van der Waals surface area contributed by atoms with Gasteiger partial charge in [0.25, 0.3) is 0 Å². The minimum absolute atomic E-state index is 0.0466. The summed E-state index contributed by atoms with van der Waals surface area (Å²) in [6.45, 7) is 2.31. The second kappa shape index (κ2) is 8.00. The number of carbonyl (C=O) groups is 1. The molecule has 1 aliphatic rings. The van der Waals surface area contributed by atoms with Crippen LogP contribution in [0, 0.1) is 5.92 Å². The first kappa shape index (κ1) is 16.6. The van der Waals surface area contributed by atoms with E-state index >= 15 is 0 Å². The summed E-state index contributed by atoms with van der Waals surface area (Å²) in [7, 11) is 3.14. The number of benzene rings is 1. The number of aliphatic hydroxyl groups is 1. The van der Waals surface area contributed by atoms with Crippen LogP contribution >= 0.6 is 0 Å². The number of likely N-dealkylation sites (tertiary alicyclic amines) is 1. The molecule has 122 valence electrons. The summed E-state index contributed by atoms with van der Waals surface area (Å²) in [6.07, 6.45) is 1.89. The maximum absolute atomic E-state index is 12.1. The van der Waals surface area contributed by atoms with Gasteiger partial charge in [-0.05, 0) is 44.0 Å². The highest BCUT2D eigenvalue weighted by molar-refractivity contribution is 5.92. The molecule has 0 saturated carbocycles. The molecule has 2 rings (SSSR count). The normalized spacial score (nSPS) is 16.3. The zero-order valence-electron chi connectivity index (χ0n) is 13.2. The average molecular weight is 308 g/mol. The number of hydrogen-bond acceptors (Lipinski definition) is 5. The summed E-state index contributed by atoms with van der Waals surface area (Å²) in [6, 6.07) is 5.30. The van der Waals surface area contributed by atoms with E-state index in [-0.39, 0.29) is 12.5 Å². The Morgan fingerprint density at radius 1 is 1.27 bits per heavy atom. The van der Waals surface area contributed by atoms with Gasteiger partial charge in [-0.2, -0.15) is 0 Å². The second-order valence-electron chi connectivity index (χ2n) is 5.52. The van der Waals surface area contributed by atoms with Crippen molar-refractivity contribution in [1.29, 1.82) is 0 Å². The third kappa shape index (κ3) is 4.35. The van der Waals surface area contributed by atoms with Crippen LogP contribution in [0.4, 0.5) is 5.69 Å². The molecule has 6 heteroatoms. The van der Waals surface area contributed by atoms with Crippen molar-refractivity contribution in [3.63, 3.8) is 0 Å². The van der Waals surface area contributed by atoms with Gasteiger partial charge in [0.05, 0.1) is 20.8 Å². The van der Waals surface area contributed by atoms with Gasteiger partial charge in [0.1, 0.15) is 0 Å². The van der Waals surface area contributed by atoms with Crippen molar-refractivity contribution in [3.8, 4) is 11.5 Å². The molecule has 0 unspecified atom stereocenters. The molecule has 0 atom stereocenters. The van der Waals surface area contributed by atoms with Crippen LogP contribution in [0.5, 0.6) is 11.5 Å². The number of carbonyl (C=O) groups excluding carboxylic acids is 1. The van der Waals surface area contributed by atoms with Gasteiger partial charge in [0, 0.05) is 18.4 Å². The fourth-order valence-electron chi connectivity index (χ4n) is 2.64. The van der Waals surface area contributed by atoms with Crippen molar-refractivity contribution in [2.75, 3.05) is 45.8 Å². The van der Waals surface area contributed by atoms with Crippen molar-refractivity contribution >= 4 is 11.6 Å². The van der Waals surface area contributed by atoms with E-state index < -0.39 is 0 Å². The van der Waals surface area contributed by atoms with Crippen molar-refractivity contribution in [2.45, 2.75) is 12.8 Å². The molecular formula is C16H24N2O4. The number of anilines is 1. The molecule has 0 radical (unpaired) electrons. The third-order valence-corrected chi connectivity index (χ3v) is 4.00. The molecule has 1 saturated heterocycles. The highest BCUT2D eigenvalue weighted by Gasteiger charge is 2.20. The molecule has 1 aromatic rings. The molecule has 1 amide bonds. The van der Waals surface area contributed by atoms with Crippen molar-refractivity contribution < 1.29 is 19.4 Å². The molecule has 1 aromatic carbocycles. The standard InChI is InChI=1S/C16H24N2O4/c1-21-14-4-3-13(9-15(14)22-2)17-16(20)10-18-7-5-12(11-19)6-8-18/h3-4,9,12,19H,5-8,10-11H2,1-2H3,(H,17,20). The number of piperidine rings is 1. The Bertz CT molecular complexity index is 499. The van der Waals surface area contributed by atoms with Gasteiger partial charge in [-0.1, -0.05) is 0 Å². The lowest BCUT2D eigenvalue weighted by Gasteiger charge is -2.30. The van der Waals surface area contributed by atoms with Gasteiger partial charge in [-0.15, -0.1) is 0 Å². The average Bonchev–Trinajstić information content (AvgIpc) is 2.55. The van der Waals surface area contributed by atoms with Crippen molar-refractivity contribution in [1.82, 2.24) is 4.90 Å². The molecule has 1 fully saturated rings. The Morgan fingerprint density at radius 2 is 1.95 bits per heavy atom. The predicted molar refractivity (Wildman–Crippen MR) is 84.4 cm³/mol. The first-order valence-corrected chi connectivity index (χ1v) is 7.51. The van der Waals surface area contributed by atoms with E-state index in [2.05, 4.69) is 10.2 Å². The van der Waals surface area contributed by atoms with Gasteiger partial charge in [0.2, 0.25) is 5.91 Å². The minimum atomic E-state index is -0.0466. The summed E-state index contributed by atoms with van der Waals surface area (Å²) in [5, 5.41) is 12.0. The lowest BCUT2D eigenvalue weighted by atomic mass is 9.98. The highest BCUT2D eigenvalue weighted by atomic mass is 16.5. The fourth-order valence-corrected chi connectivity index (χ4v) is 2.64. The smallest absolute Gasteiger partial charge is 0.238 e. The number of hydrogen-bond donors (Lipinski definition) is 2. The van der Waals surface area contributed by atoms with Crippen LogP contribution < -0.4 is 14.8 Å². The number of nitrogens with one attached hydrogen (secondary N) is 1. The molecule has 0 aromatic heterocycles. The van der Waals surface area contributed by atoms with Crippen LogP contribution in [0.3, 0.4) is 0 Å². The summed E-state index contributed by atoms with van der Waals surface area (Å²) >= 11 is 0. The zero-order chi connectivity index (χ0) is 15.9. The molecule has 0 bridgehead atoms. The number of rotatable bonds is 6. The van der Waals surface area contributed by atoms with E-state index in [0.29, 0.717) is 29.6 Å². The molecule has 0 aliphatic carbocycles. The van der Waals surface area contributed by atoms with Crippen LogP contribution in [0.1, 0.15) is 12.8 Å². The van der Waals surface area contributed by atoms with Crippen LogP contribution in [-0.2, 0) is 4.79 Å². The third-order valence-electron chi connectivity index (χ3n) is 4.00. The van der Waals surface area contributed by atoms with Crippen molar-refractivity contribution in [3.05, 3.63) is 18.2 Å². The molecule has 1 aliphatic heterocycles. The van der Waals surface area contributed by atoms with Crippen molar-refractivity contribution in [2.24, 2.45) is 5.92 Å². The Morgan fingerprint density at radius 3 is 2.55 bits per heavy atom. The molecule has 0 spiro atoms. The lowest BCUT2D eigenvalue weighted by molar-refractivity contribution is -0.117. The number of nitrogens with zero attached hydrogens (tertiary/aromatic N) is 1. The van der Waals surface area contributed by atoms with E-state index in [1.54, 1.807) is 32.4 Å². The Labute approximate surface area is 131 Å². The van der Waals surface area contributed by atoms with Crippen LogP contribution in [0.2, 0.25) is 0 Å². The van der Waals surface area contributed by atoms with Crippen LogP contribution in [0.25, 0.3) is 0 Å². The SMILES string of the molecule is COc1ccc(NC(=O)CN2CCC(CO)CC2)cc1OC. The van der Waals surface area contributed by atoms with E-state index in [1.807, 2.05) is 0 Å². The van der Waals surface area contributed by atoms with Gasteiger partial charge >= 0.3 is 0 Å². The topological polar surface area (TPSA) is 71.0 Å². The lowest BCUT2D eigenvalue weighted by Crippen LogP contribution is -2.39. The maximum atomic E-state index is 12.1. The highest BCUT2D eigenvalue weighted by Crippen LogP contribution is 2.29. The van der Waals surface area contributed by atoms with Gasteiger partial charge in [-0.25, -0.2) is 0 Å². The molecule has 1 heterocycles. The first-order valence-electron chi connectivity index (χ1n) is 7.51. The zero-order valence-corrected chi connectivity index (χ0v) is 13.2. The quantitative estimate of drug-likeness (QED) is 0.830. The van der Waals surface area contributed by atoms with E-state index in [1.165, 1.54) is 0 Å². The predicted octanol–water partition coefficient (Wildman–Crippen LogP) is 1.35. The number of ether oxygens (including phenoxy) is 2. The molecule has 2 N–H and O–H groups in total. The minimum Gasteiger partial charge on any atom is -0.493 e. The van der Waals surface area contributed by atoms with Crippen LogP contribution in [0.15, 0.2) is 18.2 Å². The summed E-state index contributed by atoms with van der Waals surface area (Å²) in [4.78, 5) is 14.2. The second-order valence-corrected chi connectivity index (χ2v) is 5.52. The van der Waals surface area contributed by atoms with Gasteiger partial charge in [-0.3, -0.25) is 9.69 Å². The largest absolute Gasteiger partial charge is 0.493 e. The first-order chi connectivity index (χ1) is 10.7. The summed E-state index contributed by atoms with van der Waals surface area (Å²) < 4.78 is 10.4. The Kier molecular flexibility index (Phi) is 6.03. The van der Waals surface area contributed by atoms with E-state index in [0.717, 1.165) is 25.9 Å². The Hall–Kier alpha value is -1.79. The number of aliphatic hydroxyl groups excluding tert-OH is 1. The van der Waals surface area contributed by atoms with Crippen LogP contribution in [-0.4, -0.2) is 56.4 Å². The monoisotopic (exact) mass is 308 g/mol. The van der Waals surface area contributed by atoms with E-state index in [4.69, 9.17) is 14.6 Å². The summed E-state index contributed by atoms with van der Waals surface area (Å²) in [5.74, 6) is 1.55. The molecule has 6 nitrogen and oxygen atoms in total. The number of methoxy groups -OCH3 is 2. The molecule has 22 heavy (non-hydrogen) atoms. The summed E-state index contributed by atoms with van der Waals surface area (Å²) in [5.41, 5.74) is 0.688. The Balaban J connectivity index is 1.87.